The summed E-state index contributed by atoms with van der Waals surface area (Å²) in [5, 5.41) is 11.1. The van der Waals surface area contributed by atoms with Crippen LogP contribution in [0.1, 0.15) is 74.9 Å². The third-order valence-corrected chi connectivity index (χ3v) is 6.98. The Balaban J connectivity index is 1.40. The van der Waals surface area contributed by atoms with Gasteiger partial charge in [-0.2, -0.15) is 5.10 Å². The number of carbonyl (C=O) groups is 1. The maximum absolute atomic E-state index is 13.1. The quantitative estimate of drug-likeness (QED) is 0.524. The van der Waals surface area contributed by atoms with E-state index < -0.39 is 0 Å². The molecule has 0 saturated heterocycles. The number of carbonyl (C=O) groups excluding carboxylic acids is 1. The van der Waals surface area contributed by atoms with E-state index in [2.05, 4.69) is 74.7 Å². The summed E-state index contributed by atoms with van der Waals surface area (Å²) in [6, 6.07) is 18.6. The molecular formula is C27H32N4O. The molecule has 2 aliphatic rings. The van der Waals surface area contributed by atoms with Crippen LogP contribution in [0.15, 0.2) is 54.6 Å². The predicted molar refractivity (Wildman–Crippen MR) is 128 cm³/mol. The molecule has 0 unspecified atom stereocenters. The second kappa shape index (κ2) is 7.51. The molecule has 0 radical (unpaired) electrons. The lowest BCUT2D eigenvalue weighted by Crippen LogP contribution is -2.36. The zero-order valence-corrected chi connectivity index (χ0v) is 19.4. The summed E-state index contributed by atoms with van der Waals surface area (Å²) in [5.74, 6) is 0.680. The molecule has 2 amide bonds. The maximum Gasteiger partial charge on any atom is 0.320 e. The number of hydrogen-bond donors (Lipinski definition) is 2. The van der Waals surface area contributed by atoms with Crippen LogP contribution in [0.4, 0.5) is 10.6 Å². The summed E-state index contributed by atoms with van der Waals surface area (Å²) in [4.78, 5) is 13.1. The molecule has 2 aromatic carbocycles. The van der Waals surface area contributed by atoms with Crippen molar-refractivity contribution in [1.82, 2.24) is 15.1 Å². The van der Waals surface area contributed by atoms with E-state index in [1.54, 1.807) is 0 Å². The maximum atomic E-state index is 13.1. The highest BCUT2D eigenvalue weighted by atomic mass is 16.2. The molecule has 1 saturated carbocycles. The van der Waals surface area contributed by atoms with Crippen molar-refractivity contribution in [3.8, 4) is 5.69 Å². The van der Waals surface area contributed by atoms with Gasteiger partial charge in [0.1, 0.15) is 5.82 Å². The van der Waals surface area contributed by atoms with Crippen molar-refractivity contribution < 1.29 is 4.79 Å². The second-order valence-corrected chi connectivity index (χ2v) is 10.5. The minimum absolute atomic E-state index is 0.0373. The number of amides is 2. The molecule has 3 aromatic rings. The van der Waals surface area contributed by atoms with Crippen LogP contribution in [0.2, 0.25) is 0 Å². The van der Waals surface area contributed by atoms with E-state index in [1.165, 1.54) is 29.5 Å². The van der Waals surface area contributed by atoms with Gasteiger partial charge in [0, 0.05) is 11.5 Å². The fourth-order valence-electron chi connectivity index (χ4n) is 4.84. The number of urea groups is 1. The minimum Gasteiger partial charge on any atom is -0.331 e. The Morgan fingerprint density at radius 1 is 1.06 bits per heavy atom. The van der Waals surface area contributed by atoms with Crippen molar-refractivity contribution in [1.29, 1.82) is 0 Å². The van der Waals surface area contributed by atoms with E-state index >= 15 is 0 Å². The summed E-state index contributed by atoms with van der Waals surface area (Å²) in [6.07, 6.45) is 4.67. The highest BCUT2D eigenvalue weighted by molar-refractivity contribution is 5.89. The van der Waals surface area contributed by atoms with Gasteiger partial charge >= 0.3 is 6.03 Å². The minimum atomic E-state index is -0.190. The molecule has 1 aromatic heterocycles. The van der Waals surface area contributed by atoms with Crippen LogP contribution in [0, 0.1) is 6.92 Å². The lowest BCUT2D eigenvalue weighted by molar-refractivity contribution is 0.246. The van der Waals surface area contributed by atoms with E-state index in [4.69, 9.17) is 5.10 Å². The van der Waals surface area contributed by atoms with Crippen molar-refractivity contribution in [2.45, 2.75) is 70.3 Å². The largest absolute Gasteiger partial charge is 0.331 e. The fourth-order valence-corrected chi connectivity index (χ4v) is 4.84. The number of nitrogens with one attached hydrogen (secondary N) is 2. The highest BCUT2D eigenvalue weighted by Crippen LogP contribution is 2.57. The van der Waals surface area contributed by atoms with Gasteiger partial charge in [0.25, 0.3) is 0 Å². The smallest absolute Gasteiger partial charge is 0.320 e. The first-order valence-corrected chi connectivity index (χ1v) is 11.6. The van der Waals surface area contributed by atoms with Crippen molar-refractivity contribution in [2.24, 2.45) is 0 Å². The lowest BCUT2D eigenvalue weighted by Gasteiger charge is -2.32. The van der Waals surface area contributed by atoms with Crippen molar-refractivity contribution >= 4 is 11.8 Å². The average Bonchev–Trinajstić information content (AvgIpc) is 3.41. The second-order valence-electron chi connectivity index (χ2n) is 10.5. The molecule has 0 aliphatic heterocycles. The van der Waals surface area contributed by atoms with Crippen LogP contribution in [-0.4, -0.2) is 15.8 Å². The molecule has 5 heteroatoms. The van der Waals surface area contributed by atoms with Gasteiger partial charge in [-0.25, -0.2) is 9.48 Å². The fraction of sp³-hybridized carbons (Fsp3) is 0.407. The van der Waals surface area contributed by atoms with Gasteiger partial charge in [-0.15, -0.1) is 0 Å². The third kappa shape index (κ3) is 3.81. The number of nitrogens with zero attached hydrogens (tertiary/aromatic N) is 2. The Hall–Kier alpha value is -3.08. The molecule has 1 heterocycles. The highest BCUT2D eigenvalue weighted by Gasteiger charge is 2.48. The first-order valence-electron chi connectivity index (χ1n) is 11.6. The third-order valence-electron chi connectivity index (χ3n) is 6.98. The number of fused-ring (bicyclic) bond motifs is 2. The molecule has 2 N–H and O–H groups in total. The molecule has 1 atom stereocenters. The van der Waals surface area contributed by atoms with Gasteiger partial charge in [0.2, 0.25) is 0 Å². The number of benzene rings is 2. The van der Waals surface area contributed by atoms with Gasteiger partial charge < -0.3 is 5.32 Å². The van der Waals surface area contributed by atoms with Gasteiger partial charge in [0.05, 0.1) is 17.4 Å². The first-order chi connectivity index (χ1) is 15.2. The molecule has 1 fully saturated rings. The Morgan fingerprint density at radius 2 is 1.78 bits per heavy atom. The predicted octanol–water partition coefficient (Wildman–Crippen LogP) is 6.17. The summed E-state index contributed by atoms with van der Waals surface area (Å²) in [7, 11) is 0. The van der Waals surface area contributed by atoms with E-state index in [9.17, 15) is 4.79 Å². The summed E-state index contributed by atoms with van der Waals surface area (Å²) < 4.78 is 1.83. The Labute approximate surface area is 190 Å². The van der Waals surface area contributed by atoms with Gasteiger partial charge in [-0.3, -0.25) is 5.32 Å². The normalized spacial score (nSPS) is 18.8. The summed E-state index contributed by atoms with van der Waals surface area (Å²) in [5.41, 5.74) is 6.01. The molecule has 2 aliphatic carbocycles. The van der Waals surface area contributed by atoms with Crippen LogP contribution >= 0.6 is 0 Å². The van der Waals surface area contributed by atoms with E-state index in [-0.39, 0.29) is 17.5 Å². The summed E-state index contributed by atoms with van der Waals surface area (Å²) >= 11 is 0. The molecule has 5 rings (SSSR count). The van der Waals surface area contributed by atoms with Crippen molar-refractivity contribution in [2.75, 3.05) is 5.32 Å². The number of hydrogen-bond acceptors (Lipinski definition) is 2. The van der Waals surface area contributed by atoms with Crippen molar-refractivity contribution in [3.05, 3.63) is 77.0 Å². The standard InChI is InChI=1S/C27H32N4O/c1-18-9-11-19(12-10-18)31-24(17-23(30-31)26(2,3)4)29-25(32)28-22-13-14-27(15-16-27)21-8-6-5-7-20(21)22/h5-12,17,22H,13-16H2,1-4H3,(H2,28,29,32)/t22-/m0/s1. The Bertz CT molecular complexity index is 1150. The van der Waals surface area contributed by atoms with Gasteiger partial charge in [-0.05, 0) is 61.3 Å². The number of anilines is 1. The number of rotatable bonds is 3. The van der Waals surface area contributed by atoms with Gasteiger partial charge in [0.15, 0.2) is 0 Å². The molecule has 0 bridgehead atoms. The first kappa shape index (κ1) is 20.8. The SMILES string of the molecule is Cc1ccc(-n2nc(C(C)(C)C)cc2NC(=O)N[C@H]2CCC3(CC3)c3ccccc32)cc1. The Morgan fingerprint density at radius 3 is 2.47 bits per heavy atom. The van der Waals surface area contributed by atoms with E-state index in [0.717, 1.165) is 24.2 Å². The van der Waals surface area contributed by atoms with E-state index in [1.807, 2.05) is 22.9 Å². The number of aromatic nitrogens is 2. The van der Waals surface area contributed by atoms with Crippen LogP contribution in [-0.2, 0) is 10.8 Å². The topological polar surface area (TPSA) is 59.0 Å². The molecule has 166 valence electrons. The van der Waals surface area contributed by atoms with Crippen LogP contribution in [0.3, 0.4) is 0 Å². The lowest BCUT2D eigenvalue weighted by atomic mass is 9.78. The zero-order valence-electron chi connectivity index (χ0n) is 19.4. The van der Waals surface area contributed by atoms with E-state index in [0.29, 0.717) is 11.2 Å². The summed E-state index contributed by atoms with van der Waals surface area (Å²) in [6.45, 7) is 8.45. The van der Waals surface area contributed by atoms with Crippen LogP contribution < -0.4 is 10.6 Å². The molecule has 5 nitrogen and oxygen atoms in total. The van der Waals surface area contributed by atoms with Crippen molar-refractivity contribution in [3.63, 3.8) is 0 Å². The van der Waals surface area contributed by atoms with Gasteiger partial charge in [-0.1, -0.05) is 62.7 Å². The van der Waals surface area contributed by atoms with Crippen LogP contribution in [0.25, 0.3) is 5.69 Å². The zero-order chi connectivity index (χ0) is 22.5. The average molecular weight is 429 g/mol. The monoisotopic (exact) mass is 428 g/mol. The van der Waals surface area contributed by atoms with Crippen LogP contribution in [0.5, 0.6) is 0 Å². The molecule has 1 spiro atoms. The number of aryl methyl sites for hydroxylation is 1. The molecule has 32 heavy (non-hydrogen) atoms. The Kier molecular flexibility index (Phi) is 4.88. The molecular weight excluding hydrogens is 396 g/mol.